The summed E-state index contributed by atoms with van der Waals surface area (Å²) in [5, 5.41) is 5.62. The van der Waals surface area contributed by atoms with Crippen molar-refractivity contribution in [3.63, 3.8) is 0 Å². The summed E-state index contributed by atoms with van der Waals surface area (Å²) in [6.07, 6.45) is -3.30. The lowest BCUT2D eigenvalue weighted by Crippen LogP contribution is -2.25. The molecule has 1 amide bonds. The van der Waals surface area contributed by atoms with Gasteiger partial charge in [0.05, 0.1) is 39.1 Å². The molecule has 0 aliphatic carbocycles. The Labute approximate surface area is 236 Å². The number of anilines is 3. The van der Waals surface area contributed by atoms with Crippen LogP contribution < -0.4 is 15.4 Å². The highest BCUT2D eigenvalue weighted by molar-refractivity contribution is 7.85. The molecule has 0 spiro atoms. The zero-order valence-electron chi connectivity index (χ0n) is 21.7. The largest absolute Gasteiger partial charge is 0.486 e. The second-order valence-electron chi connectivity index (χ2n) is 9.73. The van der Waals surface area contributed by atoms with Crippen LogP contribution in [0.1, 0.15) is 35.3 Å². The third-order valence-electron chi connectivity index (χ3n) is 5.74. The third-order valence-corrected chi connectivity index (χ3v) is 6.05. The van der Waals surface area contributed by atoms with Gasteiger partial charge in [0, 0.05) is 17.7 Å². The monoisotopic (exact) mass is 614 g/mol. The minimum Gasteiger partial charge on any atom is -0.486 e. The first kappa shape index (κ1) is 30.1. The quantitative estimate of drug-likeness (QED) is 0.151. The van der Waals surface area contributed by atoms with Crippen molar-refractivity contribution in [1.29, 1.82) is 0 Å². The molecule has 0 saturated carbocycles. The smallest absolute Gasteiger partial charge is 0.416 e. The highest BCUT2D eigenvalue weighted by Gasteiger charge is 2.36. The molecule has 0 radical (unpaired) electrons. The average molecular weight is 615 g/mol. The topological polar surface area (TPSA) is 133 Å². The maximum atomic E-state index is 14.3. The van der Waals surface area contributed by atoms with Crippen molar-refractivity contribution in [2.75, 3.05) is 16.9 Å². The second kappa shape index (κ2) is 10.8. The Morgan fingerprint density at radius 1 is 1.17 bits per heavy atom. The lowest BCUT2D eigenvalue weighted by molar-refractivity contribution is -0.137. The molecule has 9 nitrogen and oxygen atoms in total. The number of imidazole rings is 1. The van der Waals surface area contributed by atoms with E-state index in [0.29, 0.717) is 35.0 Å². The Balaban J connectivity index is 0.000000714. The van der Waals surface area contributed by atoms with Gasteiger partial charge in [0.1, 0.15) is 17.2 Å². The molecule has 1 aliphatic heterocycles. The van der Waals surface area contributed by atoms with Gasteiger partial charge in [-0.3, -0.25) is 9.35 Å². The van der Waals surface area contributed by atoms with E-state index in [2.05, 4.69) is 20.6 Å². The number of H-pyrrole nitrogens is 1. The van der Waals surface area contributed by atoms with Crippen molar-refractivity contribution >= 4 is 56.0 Å². The minimum absolute atomic E-state index is 0.0479. The van der Waals surface area contributed by atoms with Gasteiger partial charge in [-0.2, -0.15) is 21.6 Å². The fourth-order valence-corrected chi connectivity index (χ4v) is 4.34. The van der Waals surface area contributed by atoms with E-state index in [0.717, 1.165) is 12.1 Å². The van der Waals surface area contributed by atoms with E-state index in [9.17, 15) is 30.8 Å². The zero-order chi connectivity index (χ0) is 30.3. The number of ether oxygens (including phenoxy) is 1. The molecule has 2 heterocycles. The van der Waals surface area contributed by atoms with Crippen molar-refractivity contribution in [3.8, 4) is 5.75 Å². The number of carbonyl (C=O) groups excluding carboxylic acids is 1. The van der Waals surface area contributed by atoms with Gasteiger partial charge in [0.15, 0.2) is 0 Å². The Morgan fingerprint density at radius 3 is 2.39 bits per heavy atom. The number of halogens is 5. The molecule has 3 aromatic carbocycles. The number of nitrogens with zero attached hydrogens (tertiary/aromatic N) is 1. The number of alkyl halides is 3. The molecule has 4 aromatic rings. The fraction of sp³-hybridized carbons (Fsp3) is 0.231. The highest BCUT2D eigenvalue weighted by atomic mass is 35.5. The van der Waals surface area contributed by atoms with E-state index in [1.807, 2.05) is 13.8 Å². The number of nitrogens with one attached hydrogen (secondary N) is 3. The van der Waals surface area contributed by atoms with E-state index in [1.165, 1.54) is 36.4 Å². The standard InChI is InChI=1S/C25H19ClF4N4O2.CH4O3S/c1-24(2)11-15-19-18(32-23(33-19)34-20-16(26)4-3-5-17(20)27)10-14(21(15)36-24)22(35)31-13-8-6-12(7-9-13)25(28,29)30;1-5(2,3)4/h3-10H,11H2,1-2H3,(H,31,35)(H2,32,33,34);1H3,(H,2,3,4). The molecule has 0 fully saturated rings. The molecule has 41 heavy (non-hydrogen) atoms. The first-order valence-electron chi connectivity index (χ1n) is 11.8. The van der Waals surface area contributed by atoms with Crippen molar-refractivity contribution in [2.45, 2.75) is 32.0 Å². The second-order valence-corrected chi connectivity index (χ2v) is 11.6. The Bertz CT molecular complexity index is 1710. The van der Waals surface area contributed by atoms with E-state index < -0.39 is 39.2 Å². The predicted octanol–water partition coefficient (Wildman–Crippen LogP) is 6.59. The summed E-state index contributed by atoms with van der Waals surface area (Å²) in [5.74, 6) is -0.574. The summed E-state index contributed by atoms with van der Waals surface area (Å²) in [6, 6.07) is 9.93. The lowest BCUT2D eigenvalue weighted by Gasteiger charge is -2.18. The normalized spacial score (nSPS) is 14.1. The van der Waals surface area contributed by atoms with Crippen LogP contribution in [0, 0.1) is 5.82 Å². The Kier molecular flexibility index (Phi) is 7.95. The average Bonchev–Trinajstić information content (AvgIpc) is 3.38. The number of aromatic nitrogens is 2. The summed E-state index contributed by atoms with van der Waals surface area (Å²) < 4.78 is 84.8. The molecule has 0 saturated heterocycles. The number of amides is 1. The predicted molar refractivity (Wildman–Crippen MR) is 146 cm³/mol. The molecule has 0 atom stereocenters. The molecule has 0 unspecified atom stereocenters. The van der Waals surface area contributed by atoms with Gasteiger partial charge in [0.2, 0.25) is 5.95 Å². The lowest BCUT2D eigenvalue weighted by atomic mass is 9.98. The summed E-state index contributed by atoms with van der Waals surface area (Å²) in [7, 11) is -3.67. The number of aromatic amines is 1. The van der Waals surface area contributed by atoms with Crippen molar-refractivity contribution < 1.29 is 40.1 Å². The van der Waals surface area contributed by atoms with Crippen LogP contribution in [0.3, 0.4) is 0 Å². The Hall–Kier alpha value is -3.88. The Morgan fingerprint density at radius 2 is 1.80 bits per heavy atom. The van der Waals surface area contributed by atoms with Gasteiger partial charge >= 0.3 is 6.18 Å². The molecule has 5 rings (SSSR count). The van der Waals surface area contributed by atoms with Crippen LogP contribution >= 0.6 is 11.6 Å². The van der Waals surface area contributed by atoms with Crippen LogP contribution in [-0.4, -0.2) is 40.7 Å². The molecular weight excluding hydrogens is 592 g/mol. The zero-order valence-corrected chi connectivity index (χ0v) is 23.2. The van der Waals surface area contributed by atoms with Gasteiger partial charge in [0.25, 0.3) is 16.0 Å². The summed E-state index contributed by atoms with van der Waals surface area (Å²) in [6.45, 7) is 3.73. The van der Waals surface area contributed by atoms with Crippen LogP contribution in [0.5, 0.6) is 5.75 Å². The molecule has 218 valence electrons. The number of benzene rings is 3. The first-order chi connectivity index (χ1) is 18.9. The molecule has 1 aromatic heterocycles. The van der Waals surface area contributed by atoms with Gasteiger partial charge in [-0.05, 0) is 56.3 Å². The van der Waals surface area contributed by atoms with Gasteiger partial charge < -0.3 is 20.4 Å². The van der Waals surface area contributed by atoms with E-state index in [4.69, 9.17) is 20.9 Å². The van der Waals surface area contributed by atoms with Crippen molar-refractivity contribution in [3.05, 3.63) is 76.1 Å². The van der Waals surface area contributed by atoms with E-state index >= 15 is 0 Å². The van der Waals surface area contributed by atoms with Crippen LogP contribution in [0.4, 0.5) is 34.9 Å². The first-order valence-corrected chi connectivity index (χ1v) is 14.0. The van der Waals surface area contributed by atoms with Crippen LogP contribution in [0.15, 0.2) is 48.5 Å². The maximum absolute atomic E-state index is 14.3. The van der Waals surface area contributed by atoms with Gasteiger partial charge in [-0.1, -0.05) is 17.7 Å². The molecule has 0 bridgehead atoms. The number of rotatable bonds is 4. The number of para-hydroxylation sites is 1. The summed E-state index contributed by atoms with van der Waals surface area (Å²) >= 11 is 6.11. The van der Waals surface area contributed by atoms with Gasteiger partial charge in [-0.15, -0.1) is 0 Å². The maximum Gasteiger partial charge on any atom is 0.416 e. The number of hydrogen-bond acceptors (Lipinski definition) is 6. The van der Waals surface area contributed by atoms with Crippen LogP contribution in [-0.2, 0) is 22.7 Å². The molecule has 15 heteroatoms. The van der Waals surface area contributed by atoms with Crippen LogP contribution in [0.2, 0.25) is 5.02 Å². The SMILES string of the molecule is CC1(C)Cc2c(c(C(=O)Nc3ccc(C(F)(F)F)cc3)cc3nc(Nc4c(F)cccc4Cl)[nH]c23)O1.CS(=O)(=O)O. The van der Waals surface area contributed by atoms with E-state index in [1.54, 1.807) is 0 Å². The van der Waals surface area contributed by atoms with E-state index in [-0.39, 0.29) is 27.9 Å². The fourth-order valence-electron chi connectivity index (χ4n) is 4.13. The molecule has 4 N–H and O–H groups in total. The van der Waals surface area contributed by atoms with Crippen molar-refractivity contribution in [2.24, 2.45) is 0 Å². The number of fused-ring (bicyclic) bond motifs is 3. The van der Waals surface area contributed by atoms with Gasteiger partial charge in [-0.25, -0.2) is 9.37 Å². The van der Waals surface area contributed by atoms with Crippen LogP contribution in [0.25, 0.3) is 11.0 Å². The molecule has 1 aliphatic rings. The molecular formula is C26H23ClF4N4O5S. The van der Waals surface area contributed by atoms with Crippen molar-refractivity contribution in [1.82, 2.24) is 9.97 Å². The third kappa shape index (κ3) is 7.26. The number of hydrogen-bond donors (Lipinski definition) is 4. The highest BCUT2D eigenvalue weighted by Crippen LogP contribution is 2.42. The number of carbonyl (C=O) groups is 1. The minimum atomic E-state index is -4.48. The summed E-state index contributed by atoms with van der Waals surface area (Å²) in [5.41, 5.74) is 0.705. The summed E-state index contributed by atoms with van der Waals surface area (Å²) in [4.78, 5) is 20.7.